The summed E-state index contributed by atoms with van der Waals surface area (Å²) >= 11 is 1.41. The van der Waals surface area contributed by atoms with Crippen molar-refractivity contribution >= 4 is 17.2 Å². The van der Waals surface area contributed by atoms with Crippen LogP contribution in [0.3, 0.4) is 0 Å². The summed E-state index contributed by atoms with van der Waals surface area (Å²) in [5.74, 6) is 0.0749. The Hall–Kier alpha value is -0.980. The highest BCUT2D eigenvalue weighted by Gasteiger charge is 2.25. The summed E-state index contributed by atoms with van der Waals surface area (Å²) in [6, 6.07) is 0.520. The second kappa shape index (κ2) is 6.26. The molecule has 0 bridgehead atoms. The first-order valence-electron chi connectivity index (χ1n) is 6.29. The van der Waals surface area contributed by atoms with Crippen LogP contribution in [-0.4, -0.2) is 66.5 Å². The van der Waals surface area contributed by atoms with Crippen LogP contribution in [0.15, 0.2) is 11.6 Å². The highest BCUT2D eigenvalue weighted by molar-refractivity contribution is 7.11. The first-order chi connectivity index (χ1) is 8.72. The van der Waals surface area contributed by atoms with Gasteiger partial charge in [0, 0.05) is 50.3 Å². The molecule has 1 saturated heterocycles. The molecule has 0 aromatic carbocycles. The number of carbonyl (C=O) groups is 1. The Morgan fingerprint density at radius 3 is 2.78 bits per heavy atom. The minimum Gasteiger partial charge on any atom is -0.334 e. The summed E-state index contributed by atoms with van der Waals surface area (Å²) < 4.78 is 0. The number of amides is 1. The quantitative estimate of drug-likeness (QED) is 0.864. The normalized spacial score (nSPS) is 18.9. The molecule has 1 N–H and O–H groups in total. The van der Waals surface area contributed by atoms with E-state index in [9.17, 15) is 4.79 Å². The van der Waals surface area contributed by atoms with Crippen molar-refractivity contribution in [3.8, 4) is 0 Å². The van der Waals surface area contributed by atoms with Crippen LogP contribution in [-0.2, 0) is 0 Å². The molecular weight excluding hydrogens is 248 g/mol. The maximum absolute atomic E-state index is 12.1. The Labute approximate surface area is 112 Å². The number of piperazine rings is 1. The maximum atomic E-state index is 12.1. The molecule has 1 aromatic rings. The summed E-state index contributed by atoms with van der Waals surface area (Å²) in [6.45, 7) is 6.69. The van der Waals surface area contributed by atoms with Crippen LogP contribution in [0.2, 0.25) is 0 Å². The highest BCUT2D eigenvalue weighted by Crippen LogP contribution is 2.12. The van der Waals surface area contributed by atoms with Gasteiger partial charge in [-0.3, -0.25) is 9.69 Å². The van der Waals surface area contributed by atoms with Crippen molar-refractivity contribution in [2.24, 2.45) is 0 Å². The predicted octanol–water partition coefficient (Wildman–Crippen LogP) is 0.509. The first-order valence-corrected chi connectivity index (χ1v) is 7.17. The van der Waals surface area contributed by atoms with Crippen LogP contribution in [0.4, 0.5) is 0 Å². The Bertz CT molecular complexity index is 373. The average molecular weight is 268 g/mol. The lowest BCUT2D eigenvalue weighted by atomic mass is 10.2. The highest BCUT2D eigenvalue weighted by atomic mass is 32.1. The number of nitrogens with zero attached hydrogens (tertiary/aromatic N) is 3. The van der Waals surface area contributed by atoms with E-state index in [-0.39, 0.29) is 5.91 Å². The van der Waals surface area contributed by atoms with Crippen molar-refractivity contribution in [1.82, 2.24) is 20.1 Å². The number of hydrogen-bond donors (Lipinski definition) is 1. The Morgan fingerprint density at radius 2 is 2.22 bits per heavy atom. The Kier molecular flexibility index (Phi) is 4.68. The molecule has 0 radical (unpaired) electrons. The molecule has 2 rings (SSSR count). The van der Waals surface area contributed by atoms with Crippen LogP contribution in [0.5, 0.6) is 0 Å². The molecule has 0 saturated carbocycles. The zero-order chi connectivity index (χ0) is 13.0. The number of nitrogens with one attached hydrogen (secondary N) is 1. The molecule has 0 aliphatic carbocycles. The van der Waals surface area contributed by atoms with Gasteiger partial charge < -0.3 is 10.2 Å². The van der Waals surface area contributed by atoms with Crippen molar-refractivity contribution in [1.29, 1.82) is 0 Å². The lowest BCUT2D eigenvalue weighted by Gasteiger charge is -2.37. The molecule has 6 heteroatoms. The van der Waals surface area contributed by atoms with Gasteiger partial charge in [0.25, 0.3) is 5.91 Å². The average Bonchev–Trinajstić information content (AvgIpc) is 2.92. The van der Waals surface area contributed by atoms with E-state index >= 15 is 0 Å². The van der Waals surface area contributed by atoms with Crippen LogP contribution in [0.1, 0.15) is 16.7 Å². The first kappa shape index (κ1) is 13.5. The lowest BCUT2D eigenvalue weighted by Crippen LogP contribution is -2.53. The molecule has 18 heavy (non-hydrogen) atoms. The minimum atomic E-state index is 0.0749. The van der Waals surface area contributed by atoms with Crippen molar-refractivity contribution in [2.45, 2.75) is 13.0 Å². The fourth-order valence-electron chi connectivity index (χ4n) is 2.25. The van der Waals surface area contributed by atoms with E-state index < -0.39 is 0 Å². The molecule has 5 nitrogen and oxygen atoms in total. The SMILES string of the molecule is CNCC(C)N1CCN(C(=O)c2nccs2)CC1. The molecule has 1 fully saturated rings. The molecular formula is C12H20N4OS. The number of hydrogen-bond acceptors (Lipinski definition) is 5. The summed E-state index contributed by atoms with van der Waals surface area (Å²) in [5, 5.41) is 5.64. The van der Waals surface area contributed by atoms with Crippen molar-refractivity contribution in [3.63, 3.8) is 0 Å². The van der Waals surface area contributed by atoms with E-state index in [1.54, 1.807) is 6.20 Å². The second-order valence-electron chi connectivity index (χ2n) is 4.57. The van der Waals surface area contributed by atoms with E-state index in [1.807, 2.05) is 17.3 Å². The summed E-state index contributed by atoms with van der Waals surface area (Å²) in [4.78, 5) is 20.5. The molecule has 1 aliphatic heterocycles. The number of carbonyl (C=O) groups excluding carboxylic acids is 1. The van der Waals surface area contributed by atoms with E-state index in [4.69, 9.17) is 0 Å². The van der Waals surface area contributed by atoms with Gasteiger partial charge in [-0.2, -0.15) is 0 Å². The number of rotatable bonds is 4. The van der Waals surface area contributed by atoms with Gasteiger partial charge in [-0.1, -0.05) is 0 Å². The maximum Gasteiger partial charge on any atom is 0.282 e. The van der Waals surface area contributed by atoms with Crippen LogP contribution >= 0.6 is 11.3 Å². The smallest absolute Gasteiger partial charge is 0.282 e. The van der Waals surface area contributed by atoms with E-state index in [0.29, 0.717) is 11.0 Å². The van der Waals surface area contributed by atoms with E-state index in [0.717, 1.165) is 32.7 Å². The van der Waals surface area contributed by atoms with Crippen LogP contribution in [0.25, 0.3) is 0 Å². The van der Waals surface area contributed by atoms with Gasteiger partial charge in [0.15, 0.2) is 5.01 Å². The Balaban J connectivity index is 1.85. The summed E-state index contributed by atoms with van der Waals surface area (Å²) in [5.41, 5.74) is 0. The second-order valence-corrected chi connectivity index (χ2v) is 5.47. The van der Waals surface area contributed by atoms with Crippen LogP contribution < -0.4 is 5.32 Å². The van der Waals surface area contributed by atoms with Crippen molar-refractivity contribution in [2.75, 3.05) is 39.8 Å². The lowest BCUT2D eigenvalue weighted by molar-refractivity contribution is 0.0583. The summed E-state index contributed by atoms with van der Waals surface area (Å²) in [6.07, 6.45) is 1.68. The standard InChI is InChI=1S/C12H20N4OS/c1-10(9-13-2)15-4-6-16(7-5-15)12(17)11-14-3-8-18-11/h3,8,10,13H,4-7,9H2,1-2H3. The minimum absolute atomic E-state index is 0.0749. The molecule has 2 heterocycles. The summed E-state index contributed by atoms with van der Waals surface area (Å²) in [7, 11) is 1.97. The van der Waals surface area contributed by atoms with Gasteiger partial charge in [-0.25, -0.2) is 4.98 Å². The van der Waals surface area contributed by atoms with E-state index in [2.05, 4.69) is 22.1 Å². The zero-order valence-electron chi connectivity index (χ0n) is 10.9. The third-order valence-corrected chi connectivity index (χ3v) is 4.10. The molecule has 100 valence electrons. The van der Waals surface area contributed by atoms with Gasteiger partial charge in [-0.15, -0.1) is 11.3 Å². The molecule has 1 unspecified atom stereocenters. The zero-order valence-corrected chi connectivity index (χ0v) is 11.7. The van der Waals surface area contributed by atoms with Gasteiger partial charge >= 0.3 is 0 Å². The van der Waals surface area contributed by atoms with Crippen molar-refractivity contribution in [3.05, 3.63) is 16.6 Å². The van der Waals surface area contributed by atoms with Gasteiger partial charge in [0.1, 0.15) is 0 Å². The largest absolute Gasteiger partial charge is 0.334 e. The fourth-order valence-corrected chi connectivity index (χ4v) is 2.86. The third kappa shape index (κ3) is 3.07. The van der Waals surface area contributed by atoms with Gasteiger partial charge in [0.05, 0.1) is 0 Å². The number of likely N-dealkylation sites (N-methyl/N-ethyl adjacent to an activating group) is 1. The predicted molar refractivity (Wildman–Crippen MR) is 73.0 cm³/mol. The van der Waals surface area contributed by atoms with Crippen LogP contribution in [0, 0.1) is 0 Å². The molecule has 0 spiro atoms. The fraction of sp³-hybridized carbons (Fsp3) is 0.667. The third-order valence-electron chi connectivity index (χ3n) is 3.34. The molecule has 1 aliphatic rings. The molecule has 1 amide bonds. The molecule has 1 aromatic heterocycles. The van der Waals surface area contributed by atoms with Crippen molar-refractivity contribution < 1.29 is 4.79 Å². The number of thiazole rings is 1. The topological polar surface area (TPSA) is 48.5 Å². The van der Waals surface area contributed by atoms with E-state index in [1.165, 1.54) is 11.3 Å². The molecule has 1 atom stereocenters. The van der Waals surface area contributed by atoms with Gasteiger partial charge in [-0.05, 0) is 14.0 Å². The monoisotopic (exact) mass is 268 g/mol. The number of aromatic nitrogens is 1. The Morgan fingerprint density at radius 1 is 1.50 bits per heavy atom. The van der Waals surface area contributed by atoms with Gasteiger partial charge in [0.2, 0.25) is 0 Å².